The van der Waals surface area contributed by atoms with Gasteiger partial charge in [0.2, 0.25) is 0 Å². The Labute approximate surface area is 119 Å². The van der Waals surface area contributed by atoms with Crippen molar-refractivity contribution in [3.05, 3.63) is 34.4 Å². The summed E-state index contributed by atoms with van der Waals surface area (Å²) < 4.78 is 22.0. The number of thioether (sulfide) groups is 1. The minimum atomic E-state index is -2.94. The summed E-state index contributed by atoms with van der Waals surface area (Å²) in [5.74, 6) is 0.989. The number of hydrogen-bond donors (Lipinski definition) is 0. The standard InChI is InChI=1S/C14H20O3S2/c1-10-7-12(3)13(8-11(10)2)14(15)9-18-5-6-19(4,16)17/h7-8H,5-6,9H2,1-4H3. The Hall–Kier alpha value is -0.810. The first-order chi connectivity index (χ1) is 8.70. The van der Waals surface area contributed by atoms with Crippen LogP contribution in [0.15, 0.2) is 12.1 Å². The molecule has 0 atom stereocenters. The van der Waals surface area contributed by atoms with Gasteiger partial charge < -0.3 is 0 Å². The first kappa shape index (κ1) is 16.2. The van der Waals surface area contributed by atoms with Crippen molar-refractivity contribution in [1.29, 1.82) is 0 Å². The van der Waals surface area contributed by atoms with Crippen molar-refractivity contribution in [1.82, 2.24) is 0 Å². The van der Waals surface area contributed by atoms with E-state index in [2.05, 4.69) is 0 Å². The lowest BCUT2D eigenvalue weighted by Gasteiger charge is -2.08. The van der Waals surface area contributed by atoms with Crippen LogP contribution in [0.1, 0.15) is 27.0 Å². The molecule has 0 aliphatic heterocycles. The summed E-state index contributed by atoms with van der Waals surface area (Å²) in [6, 6.07) is 3.94. The molecular weight excluding hydrogens is 280 g/mol. The van der Waals surface area contributed by atoms with Crippen molar-refractivity contribution in [2.45, 2.75) is 20.8 Å². The quantitative estimate of drug-likeness (QED) is 0.598. The van der Waals surface area contributed by atoms with Crippen LogP contribution >= 0.6 is 11.8 Å². The fourth-order valence-electron chi connectivity index (χ4n) is 1.71. The number of ketones is 1. The number of carbonyl (C=O) groups excluding carboxylic acids is 1. The maximum Gasteiger partial charge on any atom is 0.172 e. The van der Waals surface area contributed by atoms with E-state index >= 15 is 0 Å². The Morgan fingerprint density at radius 3 is 2.26 bits per heavy atom. The second kappa shape index (κ2) is 6.57. The highest BCUT2D eigenvalue weighted by Gasteiger charge is 2.11. The van der Waals surface area contributed by atoms with Crippen LogP contribution < -0.4 is 0 Å². The van der Waals surface area contributed by atoms with Gasteiger partial charge in [0, 0.05) is 17.6 Å². The van der Waals surface area contributed by atoms with Gasteiger partial charge in [0.25, 0.3) is 0 Å². The fraction of sp³-hybridized carbons (Fsp3) is 0.500. The lowest BCUT2D eigenvalue weighted by Crippen LogP contribution is -2.10. The highest BCUT2D eigenvalue weighted by Crippen LogP contribution is 2.17. The maximum atomic E-state index is 12.1. The van der Waals surface area contributed by atoms with Gasteiger partial charge in [0.15, 0.2) is 5.78 Å². The Balaban J connectivity index is 2.62. The SMILES string of the molecule is Cc1cc(C)c(C(=O)CSCCS(C)(=O)=O)cc1C. The Kier molecular flexibility index (Phi) is 5.62. The number of aryl methyl sites for hydroxylation is 3. The lowest BCUT2D eigenvalue weighted by molar-refractivity contribution is 0.102. The number of sulfone groups is 1. The minimum Gasteiger partial charge on any atom is -0.293 e. The molecule has 0 radical (unpaired) electrons. The average molecular weight is 300 g/mol. The zero-order valence-corrected chi connectivity index (χ0v) is 13.5. The van der Waals surface area contributed by atoms with Crippen molar-refractivity contribution in [3.8, 4) is 0 Å². The molecule has 0 aliphatic carbocycles. The molecule has 0 fully saturated rings. The number of rotatable bonds is 6. The van der Waals surface area contributed by atoms with E-state index in [0.29, 0.717) is 11.5 Å². The molecule has 0 saturated carbocycles. The number of benzene rings is 1. The van der Waals surface area contributed by atoms with Crippen LogP contribution in [-0.4, -0.2) is 37.7 Å². The van der Waals surface area contributed by atoms with Crippen molar-refractivity contribution < 1.29 is 13.2 Å². The molecule has 1 rings (SSSR count). The molecule has 0 unspecified atom stereocenters. The zero-order valence-electron chi connectivity index (χ0n) is 11.8. The van der Waals surface area contributed by atoms with E-state index in [1.165, 1.54) is 23.6 Å². The lowest BCUT2D eigenvalue weighted by atomic mass is 9.99. The van der Waals surface area contributed by atoms with Gasteiger partial charge in [0.05, 0.1) is 11.5 Å². The molecule has 5 heteroatoms. The van der Waals surface area contributed by atoms with Gasteiger partial charge in [-0.05, 0) is 43.5 Å². The first-order valence-electron chi connectivity index (χ1n) is 6.07. The van der Waals surface area contributed by atoms with Crippen LogP contribution in [-0.2, 0) is 9.84 Å². The van der Waals surface area contributed by atoms with Crippen LogP contribution in [0.4, 0.5) is 0 Å². The van der Waals surface area contributed by atoms with Crippen molar-refractivity contribution in [2.24, 2.45) is 0 Å². The third-order valence-electron chi connectivity index (χ3n) is 2.97. The van der Waals surface area contributed by atoms with Gasteiger partial charge in [-0.3, -0.25) is 4.79 Å². The van der Waals surface area contributed by atoms with Gasteiger partial charge in [-0.1, -0.05) is 6.07 Å². The molecule has 0 heterocycles. The highest BCUT2D eigenvalue weighted by atomic mass is 32.2. The summed E-state index contributed by atoms with van der Waals surface area (Å²) in [5, 5.41) is 0. The van der Waals surface area contributed by atoms with Crippen LogP contribution in [0.5, 0.6) is 0 Å². The third kappa shape index (κ3) is 5.37. The van der Waals surface area contributed by atoms with Crippen molar-refractivity contribution >= 4 is 27.4 Å². The van der Waals surface area contributed by atoms with Gasteiger partial charge in [0.1, 0.15) is 9.84 Å². The topological polar surface area (TPSA) is 51.2 Å². The second-order valence-corrected chi connectivity index (χ2v) is 8.22. The molecule has 0 spiro atoms. The van der Waals surface area contributed by atoms with E-state index in [1.54, 1.807) is 0 Å². The summed E-state index contributed by atoms with van der Waals surface area (Å²) in [4.78, 5) is 12.1. The Morgan fingerprint density at radius 1 is 1.11 bits per heavy atom. The van der Waals surface area contributed by atoms with E-state index in [9.17, 15) is 13.2 Å². The third-order valence-corrected chi connectivity index (χ3v) is 5.14. The summed E-state index contributed by atoms with van der Waals surface area (Å²) >= 11 is 1.37. The summed E-state index contributed by atoms with van der Waals surface area (Å²) in [6.07, 6.45) is 1.21. The Bertz CT molecular complexity index is 575. The molecular formula is C14H20O3S2. The van der Waals surface area contributed by atoms with E-state index < -0.39 is 9.84 Å². The predicted molar refractivity (Wildman–Crippen MR) is 82.0 cm³/mol. The smallest absolute Gasteiger partial charge is 0.172 e. The van der Waals surface area contributed by atoms with Crippen LogP contribution in [0.3, 0.4) is 0 Å². The summed E-state index contributed by atoms with van der Waals surface area (Å²) in [5.41, 5.74) is 4.01. The van der Waals surface area contributed by atoms with Gasteiger partial charge >= 0.3 is 0 Å². The van der Waals surface area contributed by atoms with Crippen LogP contribution in [0.2, 0.25) is 0 Å². The van der Waals surface area contributed by atoms with Crippen LogP contribution in [0.25, 0.3) is 0 Å². The first-order valence-corrected chi connectivity index (χ1v) is 9.29. The molecule has 3 nitrogen and oxygen atoms in total. The van der Waals surface area contributed by atoms with Gasteiger partial charge in [-0.15, -0.1) is 0 Å². The average Bonchev–Trinajstić information content (AvgIpc) is 2.28. The van der Waals surface area contributed by atoms with E-state index in [0.717, 1.165) is 16.7 Å². The molecule has 0 N–H and O–H groups in total. The molecule has 106 valence electrons. The van der Waals surface area contributed by atoms with Crippen molar-refractivity contribution in [2.75, 3.05) is 23.5 Å². The van der Waals surface area contributed by atoms with Gasteiger partial charge in [-0.25, -0.2) is 8.42 Å². The molecule has 0 amide bonds. The Morgan fingerprint density at radius 2 is 1.68 bits per heavy atom. The van der Waals surface area contributed by atoms with Gasteiger partial charge in [-0.2, -0.15) is 11.8 Å². The van der Waals surface area contributed by atoms with Crippen LogP contribution in [0, 0.1) is 20.8 Å². The highest BCUT2D eigenvalue weighted by molar-refractivity contribution is 8.01. The summed E-state index contributed by atoms with van der Waals surface area (Å²) in [7, 11) is -2.94. The molecule has 1 aromatic rings. The number of Topliss-reactive ketones (excluding diaryl/α,β-unsaturated/α-hetero) is 1. The largest absolute Gasteiger partial charge is 0.293 e. The summed E-state index contributed by atoms with van der Waals surface area (Å²) in [6.45, 7) is 5.95. The molecule has 0 aromatic heterocycles. The second-order valence-electron chi connectivity index (χ2n) is 4.86. The monoisotopic (exact) mass is 300 g/mol. The van der Waals surface area contributed by atoms with E-state index in [4.69, 9.17) is 0 Å². The molecule has 0 aliphatic rings. The molecule has 19 heavy (non-hydrogen) atoms. The fourth-order valence-corrected chi connectivity index (χ4v) is 3.88. The van der Waals surface area contributed by atoms with E-state index in [-0.39, 0.29) is 11.5 Å². The van der Waals surface area contributed by atoms with Crippen molar-refractivity contribution in [3.63, 3.8) is 0 Å². The molecule has 0 saturated heterocycles. The maximum absolute atomic E-state index is 12.1. The zero-order chi connectivity index (χ0) is 14.6. The molecule has 0 bridgehead atoms. The number of hydrogen-bond acceptors (Lipinski definition) is 4. The minimum absolute atomic E-state index is 0.0686. The number of carbonyl (C=O) groups is 1. The molecule has 1 aromatic carbocycles. The normalized spacial score (nSPS) is 11.6. The predicted octanol–water partition coefficient (Wildman–Crippen LogP) is 2.57. The van der Waals surface area contributed by atoms with E-state index in [1.807, 2.05) is 32.9 Å².